The molecular formula is C27H35ClN4O3. The topological polar surface area (TPSA) is 74.8 Å². The SMILES string of the molecule is CN(C)C(=O)c1ccc(N2CCC(CCCNC(=O)C3(c4ccccc4)CCCO3)CC2)nc1Cl. The van der Waals surface area contributed by atoms with Crippen LogP contribution in [0.3, 0.4) is 0 Å². The number of hydrogen-bond donors (Lipinski definition) is 1. The molecule has 1 aromatic heterocycles. The minimum Gasteiger partial charge on any atom is -0.360 e. The Balaban J connectivity index is 1.22. The number of rotatable bonds is 8. The fraction of sp³-hybridized carbons (Fsp3) is 0.519. The summed E-state index contributed by atoms with van der Waals surface area (Å²) in [4.78, 5) is 33.5. The lowest BCUT2D eigenvalue weighted by Gasteiger charge is -2.33. The van der Waals surface area contributed by atoms with E-state index in [9.17, 15) is 9.59 Å². The molecule has 0 spiro atoms. The monoisotopic (exact) mass is 498 g/mol. The lowest BCUT2D eigenvalue weighted by molar-refractivity contribution is -0.142. The fourth-order valence-electron chi connectivity index (χ4n) is 5.07. The Kier molecular flexibility index (Phi) is 8.29. The largest absolute Gasteiger partial charge is 0.360 e. The number of ether oxygens (including phenoxy) is 1. The van der Waals surface area contributed by atoms with E-state index < -0.39 is 5.60 Å². The third-order valence-corrected chi connectivity index (χ3v) is 7.40. The maximum absolute atomic E-state index is 13.1. The van der Waals surface area contributed by atoms with Crippen LogP contribution in [0, 0.1) is 5.92 Å². The minimum atomic E-state index is -0.840. The van der Waals surface area contributed by atoms with Crippen LogP contribution in [0.5, 0.6) is 0 Å². The number of piperidine rings is 1. The predicted molar refractivity (Wildman–Crippen MR) is 138 cm³/mol. The first kappa shape index (κ1) is 25.5. The van der Waals surface area contributed by atoms with Crippen LogP contribution in [0.15, 0.2) is 42.5 Å². The van der Waals surface area contributed by atoms with Gasteiger partial charge in [0.05, 0.1) is 5.56 Å². The highest BCUT2D eigenvalue weighted by atomic mass is 35.5. The van der Waals surface area contributed by atoms with Crippen molar-refractivity contribution in [2.24, 2.45) is 5.92 Å². The molecular weight excluding hydrogens is 464 g/mol. The summed E-state index contributed by atoms with van der Waals surface area (Å²) in [6, 6.07) is 13.5. The minimum absolute atomic E-state index is 0.0184. The summed E-state index contributed by atoms with van der Waals surface area (Å²) in [5, 5.41) is 3.39. The number of aromatic nitrogens is 1. The van der Waals surface area contributed by atoms with Crippen molar-refractivity contribution in [1.82, 2.24) is 15.2 Å². The average molecular weight is 499 g/mol. The van der Waals surface area contributed by atoms with E-state index in [2.05, 4.69) is 15.2 Å². The van der Waals surface area contributed by atoms with Crippen molar-refractivity contribution in [1.29, 1.82) is 0 Å². The number of benzene rings is 1. The standard InChI is InChI=1S/C27H35ClN4O3/c1-31(2)25(33)22-11-12-23(30-24(22)28)32-17-13-20(14-18-32)8-6-16-29-26(34)27(15-7-19-35-27)21-9-4-3-5-10-21/h3-5,9-12,20H,6-8,13-19H2,1-2H3,(H,29,34). The van der Waals surface area contributed by atoms with Gasteiger partial charge in [-0.05, 0) is 62.1 Å². The van der Waals surface area contributed by atoms with Crippen LogP contribution in [0.2, 0.25) is 5.15 Å². The Morgan fingerprint density at radius 3 is 2.54 bits per heavy atom. The number of halogens is 1. The molecule has 0 radical (unpaired) electrons. The van der Waals surface area contributed by atoms with E-state index in [0.717, 1.165) is 63.0 Å². The third-order valence-electron chi connectivity index (χ3n) is 7.11. The molecule has 2 saturated heterocycles. The first-order chi connectivity index (χ1) is 16.9. The molecule has 2 amide bonds. The van der Waals surface area contributed by atoms with Gasteiger partial charge in [-0.15, -0.1) is 0 Å². The molecule has 8 heteroatoms. The molecule has 1 N–H and O–H groups in total. The van der Waals surface area contributed by atoms with Gasteiger partial charge in [-0.3, -0.25) is 9.59 Å². The quantitative estimate of drug-likeness (QED) is 0.435. The van der Waals surface area contributed by atoms with Gasteiger partial charge in [0.15, 0.2) is 5.60 Å². The van der Waals surface area contributed by atoms with Crippen LogP contribution in [-0.2, 0) is 15.1 Å². The van der Waals surface area contributed by atoms with Crippen molar-refractivity contribution in [2.45, 2.75) is 44.1 Å². The summed E-state index contributed by atoms with van der Waals surface area (Å²) in [6.07, 6.45) is 5.80. The molecule has 2 aromatic rings. The number of hydrogen-bond acceptors (Lipinski definition) is 5. The maximum atomic E-state index is 13.1. The maximum Gasteiger partial charge on any atom is 0.256 e. The Labute approximate surface area is 212 Å². The highest BCUT2D eigenvalue weighted by molar-refractivity contribution is 6.32. The number of nitrogens with one attached hydrogen (secondary N) is 1. The summed E-state index contributed by atoms with van der Waals surface area (Å²) in [5.41, 5.74) is 0.526. The Morgan fingerprint density at radius 2 is 1.91 bits per heavy atom. The lowest BCUT2D eigenvalue weighted by Crippen LogP contribution is -2.44. The summed E-state index contributed by atoms with van der Waals surface area (Å²) >= 11 is 6.29. The van der Waals surface area contributed by atoms with Crippen LogP contribution in [-0.4, -0.2) is 62.0 Å². The lowest BCUT2D eigenvalue weighted by atomic mass is 9.89. The van der Waals surface area contributed by atoms with E-state index in [-0.39, 0.29) is 17.0 Å². The van der Waals surface area contributed by atoms with Crippen molar-refractivity contribution >= 4 is 29.2 Å². The zero-order valence-electron chi connectivity index (χ0n) is 20.6. The van der Waals surface area contributed by atoms with Crippen molar-refractivity contribution in [3.05, 3.63) is 58.7 Å². The van der Waals surface area contributed by atoms with Gasteiger partial charge < -0.3 is 19.9 Å². The summed E-state index contributed by atoms with van der Waals surface area (Å²) < 4.78 is 5.98. The zero-order chi connectivity index (χ0) is 24.8. The van der Waals surface area contributed by atoms with E-state index in [0.29, 0.717) is 24.6 Å². The summed E-state index contributed by atoms with van der Waals surface area (Å²) in [7, 11) is 3.40. The van der Waals surface area contributed by atoms with Gasteiger partial charge in [0.2, 0.25) is 0 Å². The normalized spacial score (nSPS) is 20.6. The highest BCUT2D eigenvalue weighted by Gasteiger charge is 2.44. The molecule has 0 aliphatic carbocycles. The van der Waals surface area contributed by atoms with E-state index >= 15 is 0 Å². The number of amides is 2. The van der Waals surface area contributed by atoms with E-state index in [1.54, 1.807) is 20.2 Å². The number of carbonyl (C=O) groups excluding carboxylic acids is 2. The van der Waals surface area contributed by atoms with Crippen LogP contribution in [0.4, 0.5) is 5.82 Å². The van der Waals surface area contributed by atoms with Gasteiger partial charge >= 0.3 is 0 Å². The molecule has 0 bridgehead atoms. The predicted octanol–water partition coefficient (Wildman–Crippen LogP) is 4.26. The smallest absolute Gasteiger partial charge is 0.256 e. The Bertz CT molecular complexity index is 1020. The van der Waals surface area contributed by atoms with Gasteiger partial charge in [-0.2, -0.15) is 0 Å². The van der Waals surface area contributed by atoms with E-state index in [1.165, 1.54) is 4.90 Å². The molecule has 35 heavy (non-hydrogen) atoms. The van der Waals surface area contributed by atoms with Crippen LogP contribution in [0.1, 0.15) is 54.4 Å². The second kappa shape index (κ2) is 11.4. The number of anilines is 1. The van der Waals surface area contributed by atoms with Gasteiger partial charge in [0.1, 0.15) is 11.0 Å². The van der Waals surface area contributed by atoms with E-state index in [1.807, 2.05) is 36.4 Å². The van der Waals surface area contributed by atoms with Gasteiger partial charge in [0.25, 0.3) is 11.8 Å². The Hall–Kier alpha value is -2.64. The average Bonchev–Trinajstić information content (AvgIpc) is 3.38. The fourth-order valence-corrected chi connectivity index (χ4v) is 5.30. The molecule has 4 rings (SSSR count). The molecule has 1 aromatic carbocycles. The van der Waals surface area contributed by atoms with Crippen LogP contribution < -0.4 is 10.2 Å². The highest BCUT2D eigenvalue weighted by Crippen LogP contribution is 2.36. The van der Waals surface area contributed by atoms with Crippen molar-refractivity contribution in [2.75, 3.05) is 45.2 Å². The number of carbonyl (C=O) groups is 2. The van der Waals surface area contributed by atoms with Crippen LogP contribution >= 0.6 is 11.6 Å². The molecule has 1 atom stereocenters. The second-order valence-electron chi connectivity index (χ2n) is 9.68. The van der Waals surface area contributed by atoms with Gasteiger partial charge in [-0.25, -0.2) is 4.98 Å². The number of nitrogens with zero attached hydrogens (tertiary/aromatic N) is 3. The molecule has 2 aliphatic heterocycles. The molecule has 2 aliphatic rings. The van der Waals surface area contributed by atoms with Crippen LogP contribution in [0.25, 0.3) is 0 Å². The van der Waals surface area contributed by atoms with Crippen molar-refractivity contribution < 1.29 is 14.3 Å². The summed E-state index contributed by atoms with van der Waals surface area (Å²) in [5.74, 6) is 1.28. The molecule has 0 saturated carbocycles. The van der Waals surface area contributed by atoms with Crippen molar-refractivity contribution in [3.63, 3.8) is 0 Å². The molecule has 2 fully saturated rings. The van der Waals surface area contributed by atoms with Gasteiger partial charge in [0, 0.05) is 40.3 Å². The first-order valence-corrected chi connectivity index (χ1v) is 12.9. The molecule has 188 valence electrons. The zero-order valence-corrected chi connectivity index (χ0v) is 21.4. The first-order valence-electron chi connectivity index (χ1n) is 12.5. The number of pyridine rings is 1. The van der Waals surface area contributed by atoms with E-state index in [4.69, 9.17) is 16.3 Å². The van der Waals surface area contributed by atoms with Gasteiger partial charge in [-0.1, -0.05) is 41.9 Å². The summed E-state index contributed by atoms with van der Waals surface area (Å²) in [6.45, 7) is 3.10. The van der Waals surface area contributed by atoms with Crippen molar-refractivity contribution in [3.8, 4) is 0 Å². The molecule has 3 heterocycles. The third kappa shape index (κ3) is 5.78. The molecule has 7 nitrogen and oxygen atoms in total. The second-order valence-corrected chi connectivity index (χ2v) is 10.0. The Morgan fingerprint density at radius 1 is 1.17 bits per heavy atom. The molecule has 1 unspecified atom stereocenters.